The number of rotatable bonds is 6. The third kappa shape index (κ3) is 6.01. The average Bonchev–Trinajstić information content (AvgIpc) is 2.79. The topological polar surface area (TPSA) is 135 Å². The third-order valence-corrected chi connectivity index (χ3v) is 5.55. The number of amides is 1. The van der Waals surface area contributed by atoms with E-state index >= 15 is 0 Å². The molecule has 0 saturated carbocycles. The molecule has 0 atom stereocenters. The quantitative estimate of drug-likeness (QED) is 0.418. The Morgan fingerprint density at radius 1 is 1.31 bits per heavy atom. The third-order valence-electron chi connectivity index (χ3n) is 5.55. The SMILES string of the molecule is C=C/C(=C(\N=CC)c1cnc(N)c(C(=O)Nc2ncccc2N2CCC(C)(N)CC2)n1)C(F)(F)F. The van der Waals surface area contributed by atoms with Gasteiger partial charge in [-0.15, -0.1) is 0 Å². The van der Waals surface area contributed by atoms with E-state index in [4.69, 9.17) is 11.5 Å². The van der Waals surface area contributed by atoms with Crippen molar-refractivity contribution in [3.63, 3.8) is 0 Å². The largest absolute Gasteiger partial charge is 0.418 e. The minimum absolute atomic E-state index is 0.257. The summed E-state index contributed by atoms with van der Waals surface area (Å²) in [7, 11) is 0. The van der Waals surface area contributed by atoms with Crippen molar-refractivity contribution in [2.45, 2.75) is 38.4 Å². The summed E-state index contributed by atoms with van der Waals surface area (Å²) in [6.07, 6.45) is 1.11. The van der Waals surface area contributed by atoms with E-state index in [9.17, 15) is 18.0 Å². The van der Waals surface area contributed by atoms with Crippen LogP contribution in [0.4, 0.5) is 30.5 Å². The van der Waals surface area contributed by atoms with Crippen LogP contribution >= 0.6 is 0 Å². The molecule has 0 radical (unpaired) electrons. The number of halogens is 3. The van der Waals surface area contributed by atoms with E-state index in [1.165, 1.54) is 19.3 Å². The Morgan fingerprint density at radius 2 is 2.00 bits per heavy atom. The summed E-state index contributed by atoms with van der Waals surface area (Å²) in [6.45, 7) is 8.01. The van der Waals surface area contributed by atoms with Gasteiger partial charge >= 0.3 is 6.18 Å². The molecule has 0 bridgehead atoms. The maximum absolute atomic E-state index is 13.5. The van der Waals surface area contributed by atoms with E-state index in [-0.39, 0.29) is 28.6 Å². The zero-order valence-corrected chi connectivity index (χ0v) is 19.4. The van der Waals surface area contributed by atoms with Gasteiger partial charge in [-0.25, -0.2) is 15.0 Å². The summed E-state index contributed by atoms with van der Waals surface area (Å²) in [5.41, 5.74) is 10.2. The van der Waals surface area contributed by atoms with Gasteiger partial charge in [0.05, 0.1) is 17.5 Å². The zero-order valence-electron chi connectivity index (χ0n) is 19.4. The molecule has 0 unspecified atom stereocenters. The predicted octanol–water partition coefficient (Wildman–Crippen LogP) is 3.57. The Kier molecular flexibility index (Phi) is 7.54. The number of carbonyl (C=O) groups excluding carboxylic acids is 1. The molecule has 12 heteroatoms. The highest BCUT2D eigenvalue weighted by molar-refractivity contribution is 6.06. The first-order valence-electron chi connectivity index (χ1n) is 10.8. The van der Waals surface area contributed by atoms with Crippen molar-refractivity contribution in [2.75, 3.05) is 29.0 Å². The first-order chi connectivity index (χ1) is 16.5. The number of piperidine rings is 1. The van der Waals surface area contributed by atoms with Crippen molar-refractivity contribution in [1.29, 1.82) is 0 Å². The maximum Gasteiger partial charge on any atom is 0.418 e. The molecule has 0 aliphatic carbocycles. The standard InChI is InChI=1S/C23H27F3N8O/c1-4-14(23(24,25)26)17(29-5-2)15-13-31-19(27)18(32-15)21(35)33-20-16(7-6-10-30-20)34-11-8-22(3,28)9-12-34/h4-7,10,13H,1,8-9,11-12,28H2,2-3H3,(H2,27,31)(H,30,33,35)/b17-14+,29-5?. The van der Waals surface area contributed by atoms with Gasteiger partial charge in [0.2, 0.25) is 0 Å². The maximum atomic E-state index is 13.5. The molecule has 5 N–H and O–H groups in total. The van der Waals surface area contributed by atoms with Crippen LogP contribution in [0.15, 0.2) is 47.7 Å². The van der Waals surface area contributed by atoms with Crippen molar-refractivity contribution in [2.24, 2.45) is 10.7 Å². The molecule has 186 valence electrons. The van der Waals surface area contributed by atoms with Crippen LogP contribution < -0.4 is 21.7 Å². The number of alkyl halides is 3. The van der Waals surface area contributed by atoms with Crippen molar-refractivity contribution >= 4 is 35.1 Å². The van der Waals surface area contributed by atoms with Crippen LogP contribution in [-0.4, -0.2) is 51.9 Å². The van der Waals surface area contributed by atoms with Gasteiger partial charge in [0.25, 0.3) is 5.91 Å². The number of aliphatic imine (C=N–C) groups is 1. The van der Waals surface area contributed by atoms with E-state index < -0.39 is 23.4 Å². The molecule has 1 aliphatic heterocycles. The Morgan fingerprint density at radius 3 is 2.60 bits per heavy atom. The molecule has 1 aliphatic rings. The highest BCUT2D eigenvalue weighted by Crippen LogP contribution is 2.34. The fraction of sp³-hybridized carbons (Fsp3) is 0.348. The second-order valence-corrected chi connectivity index (χ2v) is 8.31. The predicted molar refractivity (Wildman–Crippen MR) is 130 cm³/mol. The van der Waals surface area contributed by atoms with E-state index in [2.05, 4.69) is 36.7 Å². The van der Waals surface area contributed by atoms with Gasteiger partial charge in [-0.1, -0.05) is 12.7 Å². The molecular weight excluding hydrogens is 461 g/mol. The fourth-order valence-electron chi connectivity index (χ4n) is 3.60. The molecule has 35 heavy (non-hydrogen) atoms. The molecule has 3 heterocycles. The van der Waals surface area contributed by atoms with E-state index in [1.807, 2.05) is 13.0 Å². The van der Waals surface area contributed by atoms with Crippen LogP contribution in [0, 0.1) is 0 Å². The lowest BCUT2D eigenvalue weighted by atomic mass is 9.91. The van der Waals surface area contributed by atoms with E-state index in [0.717, 1.165) is 19.0 Å². The van der Waals surface area contributed by atoms with Gasteiger partial charge in [-0.3, -0.25) is 9.79 Å². The second kappa shape index (κ2) is 10.2. The summed E-state index contributed by atoms with van der Waals surface area (Å²) in [5.74, 6) is -0.772. The van der Waals surface area contributed by atoms with E-state index in [1.54, 1.807) is 6.07 Å². The number of hydrogen-bond donors (Lipinski definition) is 3. The second-order valence-electron chi connectivity index (χ2n) is 8.31. The minimum atomic E-state index is -4.74. The number of hydrogen-bond acceptors (Lipinski definition) is 8. The van der Waals surface area contributed by atoms with Gasteiger partial charge in [0.1, 0.15) is 11.4 Å². The van der Waals surface area contributed by atoms with Crippen LogP contribution in [0.5, 0.6) is 0 Å². The Hall–Kier alpha value is -3.80. The molecule has 2 aromatic rings. The highest BCUT2D eigenvalue weighted by atomic mass is 19.4. The number of allylic oxidation sites excluding steroid dienone is 2. The summed E-state index contributed by atoms with van der Waals surface area (Å²) < 4.78 is 40.5. The Bertz CT molecular complexity index is 1160. The van der Waals surface area contributed by atoms with Crippen LogP contribution in [-0.2, 0) is 0 Å². The molecule has 1 saturated heterocycles. The number of nitrogen functional groups attached to an aromatic ring is 1. The van der Waals surface area contributed by atoms with Crippen LogP contribution in [0.2, 0.25) is 0 Å². The molecular formula is C23H27F3N8O. The molecule has 0 spiro atoms. The fourth-order valence-corrected chi connectivity index (χ4v) is 3.60. The van der Waals surface area contributed by atoms with Gasteiger partial charge < -0.3 is 21.7 Å². The van der Waals surface area contributed by atoms with E-state index in [0.29, 0.717) is 24.9 Å². The smallest absolute Gasteiger partial charge is 0.382 e. The highest BCUT2D eigenvalue weighted by Gasteiger charge is 2.35. The normalized spacial score (nSPS) is 16.7. The van der Waals surface area contributed by atoms with Crippen LogP contribution in [0.1, 0.15) is 42.9 Å². The monoisotopic (exact) mass is 488 g/mol. The van der Waals surface area contributed by atoms with Crippen molar-refractivity contribution in [3.05, 3.63) is 54.1 Å². The van der Waals surface area contributed by atoms with Crippen LogP contribution in [0.25, 0.3) is 5.70 Å². The average molecular weight is 489 g/mol. The zero-order chi connectivity index (χ0) is 25.8. The Labute approximate surface area is 200 Å². The first kappa shape index (κ1) is 25.8. The summed E-state index contributed by atoms with van der Waals surface area (Å²) in [5, 5.41) is 2.65. The van der Waals surface area contributed by atoms with Crippen molar-refractivity contribution in [1.82, 2.24) is 15.0 Å². The van der Waals surface area contributed by atoms with Crippen molar-refractivity contribution < 1.29 is 18.0 Å². The lowest BCUT2D eigenvalue weighted by Gasteiger charge is -2.38. The number of nitrogens with zero attached hydrogens (tertiary/aromatic N) is 5. The molecule has 3 rings (SSSR count). The summed E-state index contributed by atoms with van der Waals surface area (Å²) in [6, 6.07) is 3.55. The van der Waals surface area contributed by atoms with Gasteiger partial charge in [0, 0.05) is 31.0 Å². The van der Waals surface area contributed by atoms with Crippen LogP contribution in [0.3, 0.4) is 0 Å². The van der Waals surface area contributed by atoms with Crippen molar-refractivity contribution in [3.8, 4) is 0 Å². The van der Waals surface area contributed by atoms with Gasteiger partial charge in [-0.2, -0.15) is 13.2 Å². The molecule has 1 fully saturated rings. The number of carbonyl (C=O) groups is 1. The number of pyridine rings is 1. The molecule has 9 nitrogen and oxygen atoms in total. The van der Waals surface area contributed by atoms with Gasteiger partial charge in [0.15, 0.2) is 17.3 Å². The summed E-state index contributed by atoms with van der Waals surface area (Å²) >= 11 is 0. The minimum Gasteiger partial charge on any atom is -0.382 e. The Balaban J connectivity index is 1.96. The molecule has 1 amide bonds. The number of nitrogens with one attached hydrogen (secondary N) is 1. The molecule has 2 aromatic heterocycles. The number of aromatic nitrogens is 3. The first-order valence-corrected chi connectivity index (χ1v) is 10.8. The number of anilines is 3. The number of nitrogens with two attached hydrogens (primary N) is 2. The lowest BCUT2D eigenvalue weighted by molar-refractivity contribution is -0.0876. The summed E-state index contributed by atoms with van der Waals surface area (Å²) in [4.78, 5) is 31.1. The molecule has 0 aromatic carbocycles. The van der Waals surface area contributed by atoms with Gasteiger partial charge in [-0.05, 0) is 38.8 Å². The lowest BCUT2D eigenvalue weighted by Crippen LogP contribution is -2.48.